The number of carbonyl (C=O) groups excluding carboxylic acids is 1. The lowest BCUT2D eigenvalue weighted by Crippen LogP contribution is -2.56. The summed E-state index contributed by atoms with van der Waals surface area (Å²) >= 11 is 35.0. The van der Waals surface area contributed by atoms with Gasteiger partial charge in [0.05, 0.1) is 10.7 Å². The molecular formula is C16H12Cl5N3OS. The Balaban J connectivity index is 2.07. The van der Waals surface area contributed by atoms with Crippen LogP contribution in [0.25, 0.3) is 0 Å². The number of nitrogens with one attached hydrogen (secondary N) is 3. The fraction of sp³-hybridized carbons (Fsp3) is 0.125. The van der Waals surface area contributed by atoms with Crippen molar-refractivity contribution < 1.29 is 4.79 Å². The molecule has 0 spiro atoms. The van der Waals surface area contributed by atoms with Crippen molar-refractivity contribution in [3.8, 4) is 0 Å². The number of halogens is 5. The smallest absolute Gasteiger partial charge is 0.252 e. The van der Waals surface area contributed by atoms with E-state index >= 15 is 0 Å². The van der Waals surface area contributed by atoms with Gasteiger partial charge in [-0.25, -0.2) is 0 Å². The van der Waals surface area contributed by atoms with Crippen LogP contribution in [0.2, 0.25) is 10.0 Å². The average molecular weight is 472 g/mol. The van der Waals surface area contributed by atoms with Crippen LogP contribution in [0.5, 0.6) is 0 Å². The summed E-state index contributed by atoms with van der Waals surface area (Å²) < 4.78 is -1.86. The molecule has 10 heteroatoms. The normalized spacial score (nSPS) is 12.2. The third-order valence-electron chi connectivity index (χ3n) is 3.09. The van der Waals surface area contributed by atoms with Crippen LogP contribution >= 0.6 is 70.2 Å². The highest BCUT2D eigenvalue weighted by atomic mass is 35.6. The second-order valence-electron chi connectivity index (χ2n) is 5.04. The number of alkyl halides is 3. The number of thiocarbonyl (C=S) groups is 1. The van der Waals surface area contributed by atoms with E-state index in [9.17, 15) is 4.79 Å². The Labute approximate surface area is 181 Å². The van der Waals surface area contributed by atoms with Crippen molar-refractivity contribution in [2.75, 3.05) is 5.32 Å². The van der Waals surface area contributed by atoms with Gasteiger partial charge in [0.15, 0.2) is 5.11 Å². The number of amides is 1. The molecular weight excluding hydrogens is 460 g/mol. The first-order valence-corrected chi connectivity index (χ1v) is 9.42. The monoisotopic (exact) mass is 469 g/mol. The molecule has 1 unspecified atom stereocenters. The molecule has 0 aliphatic carbocycles. The lowest BCUT2D eigenvalue weighted by Gasteiger charge is -2.28. The van der Waals surface area contributed by atoms with Crippen LogP contribution in [-0.4, -0.2) is 21.0 Å². The first-order valence-electron chi connectivity index (χ1n) is 7.12. The summed E-state index contributed by atoms with van der Waals surface area (Å²) in [6.45, 7) is 0. The third-order valence-corrected chi connectivity index (χ3v) is 4.52. The minimum absolute atomic E-state index is 0.0962. The lowest BCUT2D eigenvalue weighted by atomic mass is 10.2. The predicted molar refractivity (Wildman–Crippen MR) is 114 cm³/mol. The van der Waals surface area contributed by atoms with E-state index in [1.54, 1.807) is 48.5 Å². The highest BCUT2D eigenvalue weighted by Gasteiger charge is 2.34. The Morgan fingerprint density at radius 2 is 1.65 bits per heavy atom. The van der Waals surface area contributed by atoms with Crippen molar-refractivity contribution in [2.45, 2.75) is 9.96 Å². The van der Waals surface area contributed by atoms with E-state index in [2.05, 4.69) is 16.0 Å². The van der Waals surface area contributed by atoms with Gasteiger partial charge in [0.25, 0.3) is 5.91 Å². The van der Waals surface area contributed by atoms with Crippen LogP contribution in [0.4, 0.5) is 5.69 Å². The van der Waals surface area contributed by atoms with Gasteiger partial charge in [-0.05, 0) is 42.5 Å². The molecule has 26 heavy (non-hydrogen) atoms. The summed E-state index contributed by atoms with van der Waals surface area (Å²) in [5, 5.41) is 9.13. The highest BCUT2D eigenvalue weighted by molar-refractivity contribution is 7.80. The zero-order valence-electron chi connectivity index (χ0n) is 12.9. The number of rotatable bonds is 4. The second kappa shape index (κ2) is 9.31. The van der Waals surface area contributed by atoms with E-state index in [0.717, 1.165) is 0 Å². The van der Waals surface area contributed by atoms with E-state index in [1.807, 2.05) is 0 Å². The van der Waals surface area contributed by atoms with E-state index < -0.39 is 15.9 Å². The van der Waals surface area contributed by atoms with Crippen molar-refractivity contribution >= 4 is 86.9 Å². The van der Waals surface area contributed by atoms with E-state index in [0.29, 0.717) is 21.3 Å². The zero-order valence-corrected chi connectivity index (χ0v) is 17.5. The molecule has 2 aromatic carbocycles. The Hall–Kier alpha value is -0.950. The van der Waals surface area contributed by atoms with Gasteiger partial charge in [-0.15, -0.1) is 0 Å². The summed E-state index contributed by atoms with van der Waals surface area (Å²) in [4.78, 5) is 12.3. The first kappa shape index (κ1) is 21.4. The molecule has 1 atom stereocenters. The lowest BCUT2D eigenvalue weighted by molar-refractivity contribution is 0.0934. The van der Waals surface area contributed by atoms with Crippen LogP contribution in [-0.2, 0) is 0 Å². The number of carbonyl (C=O) groups is 1. The largest absolute Gasteiger partial charge is 0.339 e. The SMILES string of the molecule is O=C(NC(NC(=S)Nc1ccc(Cl)cc1Cl)C(Cl)(Cl)Cl)c1ccccc1. The number of anilines is 1. The van der Waals surface area contributed by atoms with Crippen molar-refractivity contribution in [3.05, 3.63) is 64.1 Å². The second-order valence-corrected chi connectivity index (χ2v) is 8.66. The van der Waals surface area contributed by atoms with Gasteiger partial charge < -0.3 is 16.0 Å². The molecule has 0 heterocycles. The molecule has 4 nitrogen and oxygen atoms in total. The molecule has 0 aliphatic rings. The summed E-state index contributed by atoms with van der Waals surface area (Å²) in [5.74, 6) is -0.429. The van der Waals surface area contributed by atoms with Crippen molar-refractivity contribution in [1.29, 1.82) is 0 Å². The Morgan fingerprint density at radius 3 is 2.23 bits per heavy atom. The maximum Gasteiger partial charge on any atom is 0.252 e. The zero-order chi connectivity index (χ0) is 19.3. The third kappa shape index (κ3) is 6.34. The fourth-order valence-electron chi connectivity index (χ4n) is 1.88. The molecule has 2 rings (SSSR count). The van der Waals surface area contributed by atoms with Crippen LogP contribution < -0.4 is 16.0 Å². The van der Waals surface area contributed by atoms with Crippen LogP contribution in [0, 0.1) is 0 Å². The summed E-state index contributed by atoms with van der Waals surface area (Å²) in [5.41, 5.74) is 0.916. The molecule has 0 saturated heterocycles. The molecule has 0 radical (unpaired) electrons. The summed E-state index contributed by atoms with van der Waals surface area (Å²) in [6, 6.07) is 13.3. The van der Waals surface area contributed by atoms with Crippen molar-refractivity contribution in [2.24, 2.45) is 0 Å². The van der Waals surface area contributed by atoms with Gasteiger partial charge in [-0.1, -0.05) is 76.2 Å². The highest BCUT2D eigenvalue weighted by Crippen LogP contribution is 2.30. The molecule has 1 amide bonds. The molecule has 138 valence electrons. The van der Waals surface area contributed by atoms with E-state index in [1.165, 1.54) is 0 Å². The van der Waals surface area contributed by atoms with Gasteiger partial charge in [0.2, 0.25) is 3.79 Å². The Morgan fingerprint density at radius 1 is 1.00 bits per heavy atom. The number of hydrogen-bond acceptors (Lipinski definition) is 2. The van der Waals surface area contributed by atoms with Crippen molar-refractivity contribution in [1.82, 2.24) is 10.6 Å². The topological polar surface area (TPSA) is 53.2 Å². The minimum atomic E-state index is -1.86. The molecule has 0 aliphatic heterocycles. The van der Waals surface area contributed by atoms with E-state index in [-0.39, 0.29) is 5.11 Å². The van der Waals surface area contributed by atoms with Crippen molar-refractivity contribution in [3.63, 3.8) is 0 Å². The summed E-state index contributed by atoms with van der Waals surface area (Å²) in [7, 11) is 0. The fourth-order valence-corrected chi connectivity index (χ4v) is 2.89. The minimum Gasteiger partial charge on any atom is -0.339 e. The molecule has 0 saturated carbocycles. The quantitative estimate of drug-likeness (QED) is 0.317. The van der Waals surface area contributed by atoms with Gasteiger partial charge >= 0.3 is 0 Å². The van der Waals surface area contributed by atoms with Gasteiger partial charge in [0.1, 0.15) is 6.17 Å². The molecule has 0 bridgehead atoms. The van der Waals surface area contributed by atoms with Gasteiger partial charge in [-0.3, -0.25) is 4.79 Å². The maximum absolute atomic E-state index is 12.3. The maximum atomic E-state index is 12.3. The Kier molecular flexibility index (Phi) is 7.64. The first-order chi connectivity index (χ1) is 12.2. The summed E-state index contributed by atoms with van der Waals surface area (Å²) in [6.07, 6.45) is -1.09. The molecule has 3 N–H and O–H groups in total. The van der Waals surface area contributed by atoms with Crippen LogP contribution in [0.1, 0.15) is 10.4 Å². The number of hydrogen-bond donors (Lipinski definition) is 3. The van der Waals surface area contributed by atoms with Gasteiger partial charge in [-0.2, -0.15) is 0 Å². The standard InChI is InChI=1S/C16H12Cl5N3OS/c17-10-6-7-12(11(18)8-10)22-15(26)24-14(16(19,20)21)23-13(25)9-4-2-1-3-5-9/h1-8,14H,(H,23,25)(H2,22,24,26). The van der Waals surface area contributed by atoms with E-state index in [4.69, 9.17) is 70.2 Å². The molecule has 2 aromatic rings. The number of benzene rings is 2. The Bertz CT molecular complexity index is 798. The van der Waals surface area contributed by atoms with Gasteiger partial charge in [0, 0.05) is 10.6 Å². The van der Waals surface area contributed by atoms with Crippen LogP contribution in [0.15, 0.2) is 48.5 Å². The van der Waals surface area contributed by atoms with Crippen LogP contribution in [0.3, 0.4) is 0 Å². The average Bonchev–Trinajstić information content (AvgIpc) is 2.56. The molecule has 0 aromatic heterocycles. The predicted octanol–water partition coefficient (Wildman–Crippen LogP) is 5.41. The molecule has 0 fully saturated rings.